The summed E-state index contributed by atoms with van der Waals surface area (Å²) in [6, 6.07) is 9.37. The van der Waals surface area contributed by atoms with E-state index in [-0.39, 0.29) is 12.4 Å². The van der Waals surface area contributed by atoms with Gasteiger partial charge in [-0.25, -0.2) is 14.8 Å². The number of nitrogens with one attached hydrogen (secondary N) is 1. The largest absolute Gasteiger partial charge is 0.422 e. The van der Waals surface area contributed by atoms with E-state index in [9.17, 15) is 4.79 Å². The molecule has 0 atom stereocenters. The van der Waals surface area contributed by atoms with Crippen LogP contribution in [0.1, 0.15) is 0 Å². The van der Waals surface area contributed by atoms with Crippen molar-refractivity contribution in [3.63, 3.8) is 0 Å². The van der Waals surface area contributed by atoms with Crippen molar-refractivity contribution in [3.8, 4) is 11.3 Å². The summed E-state index contributed by atoms with van der Waals surface area (Å²) < 4.78 is 7.47. The molecule has 0 aliphatic carbocycles. The fourth-order valence-electron chi connectivity index (χ4n) is 3.31. The van der Waals surface area contributed by atoms with Crippen LogP contribution in [0.4, 0.5) is 5.82 Å². The number of piperazine rings is 1. The van der Waals surface area contributed by atoms with Crippen molar-refractivity contribution in [2.24, 2.45) is 0 Å². The van der Waals surface area contributed by atoms with Crippen molar-refractivity contribution in [2.45, 2.75) is 0 Å². The minimum Gasteiger partial charge on any atom is -0.422 e. The second kappa shape index (κ2) is 7.02. The van der Waals surface area contributed by atoms with Gasteiger partial charge in [-0.15, -0.1) is 12.4 Å². The van der Waals surface area contributed by atoms with E-state index in [1.54, 1.807) is 12.3 Å². The number of pyridine rings is 2. The Kier molecular flexibility index (Phi) is 4.55. The topological polar surface area (TPSA) is 75.7 Å². The molecule has 138 valence electrons. The molecule has 0 bridgehead atoms. The van der Waals surface area contributed by atoms with Crippen LogP contribution in [0, 0.1) is 0 Å². The molecule has 0 aromatic carbocycles. The highest BCUT2D eigenvalue weighted by atomic mass is 35.5. The summed E-state index contributed by atoms with van der Waals surface area (Å²) >= 11 is 0. The highest BCUT2D eigenvalue weighted by Crippen LogP contribution is 2.23. The average Bonchev–Trinajstić information content (AvgIpc) is 3.11. The first kappa shape index (κ1) is 17.5. The molecular formula is C19H18ClN5O2. The van der Waals surface area contributed by atoms with Crippen LogP contribution >= 0.6 is 12.4 Å². The molecule has 7 nitrogen and oxygen atoms in total. The van der Waals surface area contributed by atoms with Crippen molar-refractivity contribution in [2.75, 3.05) is 31.1 Å². The molecule has 5 heterocycles. The third-order valence-electron chi connectivity index (χ3n) is 4.68. The number of fused-ring (bicyclic) bond motifs is 2. The van der Waals surface area contributed by atoms with Crippen molar-refractivity contribution < 1.29 is 4.42 Å². The second-order valence-electron chi connectivity index (χ2n) is 6.36. The second-order valence-corrected chi connectivity index (χ2v) is 6.36. The molecule has 8 heteroatoms. The SMILES string of the molecule is Cl.O=c1oc2cc(N3CCNCC3)ncc2cc1-c1cn2ccccc2n1. The standard InChI is InChI=1S/C19H17N5O2.ClH/c25-19-14(15-12-24-6-2-1-3-17(24)22-15)9-13-11-21-18(10-16(13)26-19)23-7-4-20-5-8-23;/h1-3,6,9-12,20H,4-5,7-8H2;1H. The van der Waals surface area contributed by atoms with Gasteiger partial charge in [0, 0.05) is 56.2 Å². The molecule has 1 fully saturated rings. The molecule has 0 spiro atoms. The molecule has 0 unspecified atom stereocenters. The Labute approximate surface area is 161 Å². The lowest BCUT2D eigenvalue weighted by Crippen LogP contribution is -2.43. The quantitative estimate of drug-likeness (QED) is 0.572. The van der Waals surface area contributed by atoms with E-state index in [1.807, 2.05) is 41.1 Å². The van der Waals surface area contributed by atoms with Gasteiger partial charge in [0.05, 0.1) is 11.3 Å². The summed E-state index contributed by atoms with van der Waals surface area (Å²) in [6.07, 6.45) is 5.49. The molecule has 27 heavy (non-hydrogen) atoms. The Bertz CT molecular complexity index is 1130. The first-order chi connectivity index (χ1) is 12.8. The van der Waals surface area contributed by atoms with Crippen molar-refractivity contribution in [1.82, 2.24) is 19.7 Å². The van der Waals surface area contributed by atoms with Crippen LogP contribution in [0.2, 0.25) is 0 Å². The lowest BCUT2D eigenvalue weighted by Gasteiger charge is -2.28. The van der Waals surface area contributed by atoms with E-state index in [4.69, 9.17) is 4.42 Å². The van der Waals surface area contributed by atoms with E-state index in [1.165, 1.54) is 0 Å². The third-order valence-corrected chi connectivity index (χ3v) is 4.68. The number of nitrogens with zero attached hydrogens (tertiary/aromatic N) is 4. The fourth-order valence-corrected chi connectivity index (χ4v) is 3.31. The van der Waals surface area contributed by atoms with Crippen LogP contribution in [0.3, 0.4) is 0 Å². The van der Waals surface area contributed by atoms with Crippen LogP contribution < -0.4 is 15.8 Å². The Balaban J connectivity index is 0.00000180. The Morgan fingerprint density at radius 2 is 2.00 bits per heavy atom. The van der Waals surface area contributed by atoms with Crippen molar-refractivity contribution in [1.29, 1.82) is 0 Å². The maximum atomic E-state index is 12.5. The number of halogens is 1. The fraction of sp³-hybridized carbons (Fsp3) is 0.211. The minimum atomic E-state index is -0.390. The van der Waals surface area contributed by atoms with E-state index in [2.05, 4.69) is 20.2 Å². The van der Waals surface area contributed by atoms with Gasteiger partial charge in [-0.05, 0) is 18.2 Å². The van der Waals surface area contributed by atoms with Gasteiger partial charge in [-0.1, -0.05) is 6.07 Å². The van der Waals surface area contributed by atoms with Crippen LogP contribution in [0.5, 0.6) is 0 Å². The van der Waals surface area contributed by atoms with E-state index in [0.717, 1.165) is 43.0 Å². The Morgan fingerprint density at radius 3 is 2.81 bits per heavy atom. The molecule has 4 aromatic heterocycles. The van der Waals surface area contributed by atoms with Crippen LogP contribution in [0.25, 0.3) is 27.9 Å². The first-order valence-electron chi connectivity index (χ1n) is 8.62. The predicted molar refractivity (Wildman–Crippen MR) is 107 cm³/mol. The maximum Gasteiger partial charge on any atom is 0.345 e. The van der Waals surface area contributed by atoms with Gasteiger partial charge >= 0.3 is 5.63 Å². The molecule has 1 aliphatic heterocycles. The van der Waals surface area contributed by atoms with Crippen LogP contribution in [-0.4, -0.2) is 40.5 Å². The minimum absolute atomic E-state index is 0. The molecule has 5 rings (SSSR count). The number of imidazole rings is 1. The van der Waals surface area contributed by atoms with Gasteiger partial charge in [0.15, 0.2) is 0 Å². The number of aromatic nitrogens is 3. The highest BCUT2D eigenvalue weighted by Gasteiger charge is 2.15. The normalized spacial score (nSPS) is 14.4. The summed E-state index contributed by atoms with van der Waals surface area (Å²) in [5.41, 5.74) is 1.98. The van der Waals surface area contributed by atoms with Crippen molar-refractivity contribution >= 4 is 34.8 Å². The number of hydrogen-bond acceptors (Lipinski definition) is 6. The third kappa shape index (κ3) is 3.15. The first-order valence-corrected chi connectivity index (χ1v) is 8.62. The average molecular weight is 384 g/mol. The van der Waals surface area contributed by atoms with Gasteiger partial charge < -0.3 is 19.0 Å². The molecule has 0 amide bonds. The van der Waals surface area contributed by atoms with Gasteiger partial charge in [-0.3, -0.25) is 0 Å². The zero-order valence-corrected chi connectivity index (χ0v) is 15.3. The van der Waals surface area contributed by atoms with Gasteiger partial charge in [0.25, 0.3) is 0 Å². The zero-order chi connectivity index (χ0) is 17.5. The smallest absolute Gasteiger partial charge is 0.345 e. The molecule has 1 N–H and O–H groups in total. The molecule has 4 aromatic rings. The number of rotatable bonds is 2. The van der Waals surface area contributed by atoms with E-state index in [0.29, 0.717) is 16.8 Å². The number of anilines is 1. The lowest BCUT2D eigenvalue weighted by molar-refractivity contribution is 0.560. The Hall–Kier alpha value is -2.90. The van der Waals surface area contributed by atoms with E-state index < -0.39 is 5.63 Å². The lowest BCUT2D eigenvalue weighted by atomic mass is 10.2. The maximum absolute atomic E-state index is 12.5. The van der Waals surface area contributed by atoms with Gasteiger partial charge in [0.2, 0.25) is 0 Å². The zero-order valence-electron chi connectivity index (χ0n) is 14.5. The van der Waals surface area contributed by atoms with Crippen LogP contribution in [-0.2, 0) is 0 Å². The summed E-state index contributed by atoms with van der Waals surface area (Å²) in [7, 11) is 0. The molecule has 1 aliphatic rings. The van der Waals surface area contributed by atoms with Gasteiger partial charge in [0.1, 0.15) is 17.0 Å². The van der Waals surface area contributed by atoms with Crippen molar-refractivity contribution in [3.05, 3.63) is 59.3 Å². The summed E-state index contributed by atoms with van der Waals surface area (Å²) in [4.78, 5) is 23.8. The molecule has 0 saturated carbocycles. The Morgan fingerprint density at radius 1 is 1.15 bits per heavy atom. The summed E-state index contributed by atoms with van der Waals surface area (Å²) in [6.45, 7) is 3.64. The predicted octanol–water partition coefficient (Wildman–Crippen LogP) is 2.33. The summed E-state index contributed by atoms with van der Waals surface area (Å²) in [5.74, 6) is 0.836. The van der Waals surface area contributed by atoms with Gasteiger partial charge in [-0.2, -0.15) is 0 Å². The highest BCUT2D eigenvalue weighted by molar-refractivity contribution is 5.85. The van der Waals surface area contributed by atoms with E-state index >= 15 is 0 Å². The molecule has 0 radical (unpaired) electrons. The van der Waals surface area contributed by atoms with Crippen LogP contribution in [0.15, 0.2) is 58.1 Å². The molecular weight excluding hydrogens is 366 g/mol. The summed E-state index contributed by atoms with van der Waals surface area (Å²) in [5, 5.41) is 4.10. The molecule has 1 saturated heterocycles. The monoisotopic (exact) mass is 383 g/mol. The number of hydrogen-bond donors (Lipinski definition) is 1.